The molecule has 4 rings (SSSR count). The van der Waals surface area contributed by atoms with Crippen LogP contribution >= 0.6 is 0 Å². The second-order valence-corrected chi connectivity index (χ2v) is 8.97. The molecule has 0 radical (unpaired) electrons. The summed E-state index contributed by atoms with van der Waals surface area (Å²) < 4.78 is 12.6. The number of likely N-dealkylation sites (tertiary alicyclic amines) is 1. The fourth-order valence-electron chi connectivity index (χ4n) is 5.54. The average Bonchev–Trinajstić information content (AvgIpc) is 3.49. The Labute approximate surface area is 188 Å². The van der Waals surface area contributed by atoms with Crippen LogP contribution in [0.2, 0.25) is 0 Å². The fourth-order valence-corrected chi connectivity index (χ4v) is 5.54. The molecule has 2 aliphatic rings. The van der Waals surface area contributed by atoms with Gasteiger partial charge in [0.05, 0.1) is 17.9 Å². The van der Waals surface area contributed by atoms with E-state index >= 15 is 0 Å². The molecule has 2 amide bonds. The monoisotopic (exact) mass is 443 g/mol. The third-order valence-electron chi connectivity index (χ3n) is 7.20. The molecule has 1 N–H and O–H groups in total. The number of nitrogens with one attached hydrogen (secondary N) is 1. The predicted octanol–water partition coefficient (Wildman–Crippen LogP) is 2.71. The lowest BCUT2D eigenvalue weighted by Crippen LogP contribution is -2.56. The van der Waals surface area contributed by atoms with Crippen molar-refractivity contribution in [3.05, 3.63) is 23.1 Å². The number of amides is 2. The lowest BCUT2D eigenvalue weighted by Gasteiger charge is -2.46. The van der Waals surface area contributed by atoms with E-state index in [1.807, 2.05) is 30.4 Å². The second-order valence-electron chi connectivity index (χ2n) is 8.97. The van der Waals surface area contributed by atoms with Crippen LogP contribution in [0.1, 0.15) is 60.9 Å². The Balaban J connectivity index is 1.46. The zero-order valence-electron chi connectivity index (χ0n) is 19.4. The SMILES string of the molecule is CCn1nc(C)c(-c2cc(C(=O)NC[C@@]34CCC[C@H]3N(CCOC)C(=O)CC4)no2)c1C. The van der Waals surface area contributed by atoms with Gasteiger partial charge in [0.15, 0.2) is 11.5 Å². The quantitative estimate of drug-likeness (QED) is 0.673. The van der Waals surface area contributed by atoms with Crippen molar-refractivity contribution in [2.75, 3.05) is 26.8 Å². The number of nitrogens with zero attached hydrogens (tertiary/aromatic N) is 4. The molecule has 2 atom stereocenters. The van der Waals surface area contributed by atoms with Gasteiger partial charge in [-0.1, -0.05) is 11.6 Å². The van der Waals surface area contributed by atoms with E-state index < -0.39 is 0 Å². The van der Waals surface area contributed by atoms with Crippen LogP contribution in [0.3, 0.4) is 0 Å². The van der Waals surface area contributed by atoms with E-state index in [1.165, 1.54) is 0 Å². The minimum absolute atomic E-state index is 0.0840. The molecule has 3 heterocycles. The van der Waals surface area contributed by atoms with E-state index in [1.54, 1.807) is 13.2 Å². The largest absolute Gasteiger partial charge is 0.383 e. The van der Waals surface area contributed by atoms with Crippen LogP contribution in [0.4, 0.5) is 0 Å². The number of hydrogen-bond acceptors (Lipinski definition) is 6. The van der Waals surface area contributed by atoms with Crippen molar-refractivity contribution < 1.29 is 18.8 Å². The van der Waals surface area contributed by atoms with Gasteiger partial charge in [-0.15, -0.1) is 0 Å². The van der Waals surface area contributed by atoms with Crippen molar-refractivity contribution in [2.24, 2.45) is 5.41 Å². The van der Waals surface area contributed by atoms with E-state index in [0.29, 0.717) is 31.9 Å². The molecule has 32 heavy (non-hydrogen) atoms. The van der Waals surface area contributed by atoms with E-state index in [-0.39, 0.29) is 29.0 Å². The highest BCUT2D eigenvalue weighted by molar-refractivity contribution is 5.93. The van der Waals surface area contributed by atoms with Crippen molar-refractivity contribution >= 4 is 11.8 Å². The molecule has 9 nitrogen and oxygen atoms in total. The highest BCUT2D eigenvalue weighted by Crippen LogP contribution is 2.47. The average molecular weight is 444 g/mol. The molecule has 1 aliphatic carbocycles. The van der Waals surface area contributed by atoms with E-state index in [9.17, 15) is 9.59 Å². The van der Waals surface area contributed by atoms with Crippen LogP contribution in [-0.4, -0.2) is 64.5 Å². The summed E-state index contributed by atoms with van der Waals surface area (Å²) in [4.78, 5) is 27.4. The minimum atomic E-state index is -0.251. The first-order chi connectivity index (χ1) is 15.4. The molecular weight excluding hydrogens is 410 g/mol. The van der Waals surface area contributed by atoms with Crippen molar-refractivity contribution in [2.45, 2.75) is 65.5 Å². The van der Waals surface area contributed by atoms with E-state index in [4.69, 9.17) is 9.26 Å². The molecule has 174 valence electrons. The Morgan fingerprint density at radius 3 is 2.91 bits per heavy atom. The van der Waals surface area contributed by atoms with E-state index in [2.05, 4.69) is 15.6 Å². The summed E-state index contributed by atoms with van der Waals surface area (Å²) in [7, 11) is 1.65. The zero-order valence-corrected chi connectivity index (χ0v) is 19.4. The molecule has 1 aliphatic heterocycles. The standard InChI is InChI=1S/C23H33N5O4/c1-5-28-16(3)21(15(2)25-28)18-13-17(26-32-18)22(30)24-14-23-9-6-7-19(23)27(11-12-31-4)20(29)8-10-23/h13,19H,5-12,14H2,1-4H3,(H,24,30)/t19-,23+/m1/s1. The van der Waals surface area contributed by atoms with Gasteiger partial charge < -0.3 is 19.5 Å². The van der Waals surface area contributed by atoms with Crippen LogP contribution in [0.25, 0.3) is 11.3 Å². The molecule has 2 aromatic heterocycles. The van der Waals surface area contributed by atoms with Crippen molar-refractivity contribution in [1.82, 2.24) is 25.2 Å². The summed E-state index contributed by atoms with van der Waals surface area (Å²) in [6, 6.07) is 1.84. The van der Waals surface area contributed by atoms with Gasteiger partial charge in [-0.05, 0) is 40.0 Å². The first kappa shape index (κ1) is 22.5. The number of hydrogen-bond donors (Lipinski definition) is 1. The van der Waals surface area contributed by atoms with Crippen molar-refractivity contribution in [3.63, 3.8) is 0 Å². The summed E-state index contributed by atoms with van der Waals surface area (Å²) in [6.07, 6.45) is 4.36. The third-order valence-corrected chi connectivity index (χ3v) is 7.20. The van der Waals surface area contributed by atoms with Gasteiger partial charge in [-0.3, -0.25) is 14.3 Å². The van der Waals surface area contributed by atoms with Gasteiger partial charge in [-0.2, -0.15) is 5.10 Å². The number of piperidine rings is 1. The molecule has 9 heteroatoms. The maximum atomic E-state index is 12.9. The highest BCUT2D eigenvalue weighted by atomic mass is 16.5. The summed E-state index contributed by atoms with van der Waals surface area (Å²) in [6.45, 7) is 8.37. The van der Waals surface area contributed by atoms with Crippen LogP contribution in [0.15, 0.2) is 10.6 Å². The number of fused-ring (bicyclic) bond motifs is 1. The molecule has 0 spiro atoms. The normalized spacial score (nSPS) is 22.9. The Morgan fingerprint density at radius 1 is 1.38 bits per heavy atom. The summed E-state index contributed by atoms with van der Waals surface area (Å²) >= 11 is 0. The number of aromatic nitrogens is 3. The Morgan fingerprint density at radius 2 is 2.19 bits per heavy atom. The van der Waals surface area contributed by atoms with Crippen LogP contribution in [0, 0.1) is 19.3 Å². The van der Waals surface area contributed by atoms with Crippen LogP contribution in [0.5, 0.6) is 0 Å². The lowest BCUT2D eigenvalue weighted by molar-refractivity contribution is -0.142. The van der Waals surface area contributed by atoms with Gasteiger partial charge >= 0.3 is 0 Å². The molecular formula is C23H33N5O4. The first-order valence-corrected chi connectivity index (χ1v) is 11.5. The highest BCUT2D eigenvalue weighted by Gasteiger charge is 2.50. The Kier molecular flexibility index (Phi) is 6.37. The molecule has 1 saturated heterocycles. The number of ether oxygens (including phenoxy) is 1. The minimum Gasteiger partial charge on any atom is -0.383 e. The van der Waals surface area contributed by atoms with Gasteiger partial charge in [0.2, 0.25) is 5.91 Å². The van der Waals surface area contributed by atoms with Gasteiger partial charge in [0.25, 0.3) is 5.91 Å². The number of methoxy groups -OCH3 is 1. The topological polar surface area (TPSA) is 102 Å². The van der Waals surface area contributed by atoms with E-state index in [0.717, 1.165) is 49.2 Å². The smallest absolute Gasteiger partial charge is 0.273 e. The number of aryl methyl sites for hydroxylation is 2. The van der Waals surface area contributed by atoms with Crippen LogP contribution < -0.4 is 5.32 Å². The zero-order chi connectivity index (χ0) is 22.9. The summed E-state index contributed by atoms with van der Waals surface area (Å²) in [5.41, 5.74) is 2.90. The Bertz CT molecular complexity index is 997. The summed E-state index contributed by atoms with van der Waals surface area (Å²) in [5.74, 6) is 0.490. The Hall–Kier alpha value is -2.68. The molecule has 2 aromatic rings. The lowest BCUT2D eigenvalue weighted by atomic mass is 9.74. The van der Waals surface area contributed by atoms with Gasteiger partial charge in [0.1, 0.15) is 0 Å². The molecule has 2 fully saturated rings. The molecule has 0 bridgehead atoms. The first-order valence-electron chi connectivity index (χ1n) is 11.5. The maximum absolute atomic E-state index is 12.9. The molecule has 0 aromatic carbocycles. The van der Waals surface area contributed by atoms with Crippen molar-refractivity contribution in [3.8, 4) is 11.3 Å². The van der Waals surface area contributed by atoms with Gasteiger partial charge in [-0.25, -0.2) is 0 Å². The number of carbonyl (C=O) groups is 2. The fraction of sp³-hybridized carbons (Fsp3) is 0.652. The maximum Gasteiger partial charge on any atom is 0.273 e. The van der Waals surface area contributed by atoms with Gasteiger partial charge in [0, 0.05) is 56.4 Å². The number of rotatable bonds is 8. The van der Waals surface area contributed by atoms with Crippen molar-refractivity contribution in [1.29, 1.82) is 0 Å². The van der Waals surface area contributed by atoms with Crippen LogP contribution in [-0.2, 0) is 16.1 Å². The molecule has 0 unspecified atom stereocenters. The summed E-state index contributed by atoms with van der Waals surface area (Å²) in [5, 5.41) is 11.6. The number of carbonyl (C=O) groups excluding carboxylic acids is 2. The molecule has 1 saturated carbocycles. The second kappa shape index (κ2) is 9.05. The predicted molar refractivity (Wildman–Crippen MR) is 118 cm³/mol. The third kappa shape index (κ3) is 3.94.